The number of aromatic nitrogens is 1. The monoisotopic (exact) mass is 406 g/mol. The number of nitrogens with zero attached hydrogens (tertiary/aromatic N) is 2. The van der Waals surface area contributed by atoms with E-state index in [4.69, 9.17) is 4.74 Å². The molecule has 29 heavy (non-hydrogen) atoms. The topological polar surface area (TPSA) is 100 Å². The first-order chi connectivity index (χ1) is 13.7. The first-order valence-electron chi connectivity index (χ1n) is 8.63. The van der Waals surface area contributed by atoms with Gasteiger partial charge in [-0.15, -0.1) is 0 Å². The van der Waals surface area contributed by atoms with Crippen molar-refractivity contribution in [3.8, 4) is 11.8 Å². The Labute approximate surface area is 164 Å². The van der Waals surface area contributed by atoms with E-state index < -0.39 is 29.2 Å². The predicted molar refractivity (Wildman–Crippen MR) is 95.1 cm³/mol. The summed E-state index contributed by atoms with van der Waals surface area (Å²) < 4.78 is 42.7. The van der Waals surface area contributed by atoms with Crippen LogP contribution >= 0.6 is 0 Å². The zero-order valence-corrected chi connectivity index (χ0v) is 15.4. The Kier molecular flexibility index (Phi) is 6.93. The first kappa shape index (κ1) is 21.9. The van der Waals surface area contributed by atoms with Gasteiger partial charge in [-0.05, 0) is 30.7 Å². The van der Waals surface area contributed by atoms with Crippen molar-refractivity contribution in [3.05, 3.63) is 58.4 Å². The number of ketones is 1. The fourth-order valence-electron chi connectivity index (χ4n) is 2.55. The molecule has 0 unspecified atom stereocenters. The molecule has 0 atom stereocenters. The third-order valence-corrected chi connectivity index (χ3v) is 3.96. The molecule has 2 aromatic rings. The van der Waals surface area contributed by atoms with Crippen molar-refractivity contribution in [2.24, 2.45) is 0 Å². The van der Waals surface area contributed by atoms with Gasteiger partial charge in [0.1, 0.15) is 11.8 Å². The number of carbonyl (C=O) groups is 2. The summed E-state index contributed by atoms with van der Waals surface area (Å²) in [7, 11) is 0. The number of aromatic hydroxyl groups is 1. The summed E-state index contributed by atoms with van der Waals surface area (Å²) in [5, 5.41) is 19.3. The standard InChI is InChI=1S/C20H17F3N2O4/c1-2-29-17(27)8-7-16(26)18-19(28)13(11-24)10-15(25-18)9-12-3-5-14(6-4-12)20(21,22)23/h3-6,10,28H,2,7-9H2,1H3. The fourth-order valence-corrected chi connectivity index (χ4v) is 2.55. The van der Waals surface area contributed by atoms with Crippen LogP contribution < -0.4 is 0 Å². The molecule has 2 rings (SSSR count). The maximum absolute atomic E-state index is 12.7. The molecule has 1 aromatic carbocycles. The van der Waals surface area contributed by atoms with E-state index in [2.05, 4.69) is 4.98 Å². The van der Waals surface area contributed by atoms with Crippen LogP contribution in [0.25, 0.3) is 0 Å². The molecule has 1 N–H and O–H groups in total. The minimum atomic E-state index is -4.46. The summed E-state index contributed by atoms with van der Waals surface area (Å²) in [6.07, 6.45) is -4.89. The normalized spacial score (nSPS) is 11.0. The van der Waals surface area contributed by atoms with Crippen molar-refractivity contribution in [1.82, 2.24) is 4.98 Å². The molecule has 0 saturated carbocycles. The Morgan fingerprint density at radius 1 is 1.21 bits per heavy atom. The number of halogens is 3. The van der Waals surface area contributed by atoms with E-state index in [9.17, 15) is 33.1 Å². The number of rotatable bonds is 7. The summed E-state index contributed by atoms with van der Waals surface area (Å²) in [6, 6.07) is 7.39. The third-order valence-electron chi connectivity index (χ3n) is 3.96. The first-order valence-corrected chi connectivity index (χ1v) is 8.63. The number of hydrogen-bond acceptors (Lipinski definition) is 6. The number of ether oxygens (including phenoxy) is 1. The van der Waals surface area contributed by atoms with Crippen LogP contribution in [0.2, 0.25) is 0 Å². The zero-order valence-electron chi connectivity index (χ0n) is 15.4. The van der Waals surface area contributed by atoms with Gasteiger partial charge in [-0.2, -0.15) is 18.4 Å². The average molecular weight is 406 g/mol. The van der Waals surface area contributed by atoms with Crippen LogP contribution in [0.15, 0.2) is 30.3 Å². The number of pyridine rings is 1. The van der Waals surface area contributed by atoms with Crippen LogP contribution in [0.1, 0.15) is 52.6 Å². The Morgan fingerprint density at radius 2 is 1.86 bits per heavy atom. The van der Waals surface area contributed by atoms with E-state index in [1.807, 2.05) is 0 Å². The van der Waals surface area contributed by atoms with Gasteiger partial charge in [0.25, 0.3) is 0 Å². The summed E-state index contributed by atoms with van der Waals surface area (Å²) >= 11 is 0. The second-order valence-corrected chi connectivity index (χ2v) is 6.07. The second kappa shape index (κ2) is 9.19. The Bertz CT molecular complexity index is 948. The number of esters is 1. The third kappa shape index (κ3) is 5.78. The Balaban J connectivity index is 2.25. The van der Waals surface area contributed by atoms with Crippen molar-refractivity contribution in [3.63, 3.8) is 0 Å². The van der Waals surface area contributed by atoms with E-state index in [-0.39, 0.29) is 42.8 Å². The molecular weight excluding hydrogens is 389 g/mol. The van der Waals surface area contributed by atoms with Crippen LogP contribution in [0, 0.1) is 11.3 Å². The highest BCUT2D eigenvalue weighted by atomic mass is 19.4. The lowest BCUT2D eigenvalue weighted by atomic mass is 10.0. The highest BCUT2D eigenvalue weighted by molar-refractivity contribution is 5.98. The largest absolute Gasteiger partial charge is 0.504 e. The minimum absolute atomic E-state index is 0.0469. The zero-order chi connectivity index (χ0) is 21.6. The molecule has 0 bridgehead atoms. The van der Waals surface area contributed by atoms with Crippen molar-refractivity contribution in [2.75, 3.05) is 6.61 Å². The van der Waals surface area contributed by atoms with Crippen molar-refractivity contribution in [1.29, 1.82) is 5.26 Å². The fraction of sp³-hybridized carbons (Fsp3) is 0.300. The van der Waals surface area contributed by atoms with E-state index >= 15 is 0 Å². The van der Waals surface area contributed by atoms with Gasteiger partial charge in [0.05, 0.1) is 24.2 Å². The van der Waals surface area contributed by atoms with Gasteiger partial charge < -0.3 is 9.84 Å². The quantitative estimate of drug-likeness (QED) is 0.555. The number of alkyl halides is 3. The average Bonchev–Trinajstić information content (AvgIpc) is 2.67. The van der Waals surface area contributed by atoms with Crippen molar-refractivity contribution >= 4 is 11.8 Å². The maximum atomic E-state index is 12.7. The number of nitriles is 1. The lowest BCUT2D eigenvalue weighted by molar-refractivity contribution is -0.143. The molecule has 6 nitrogen and oxygen atoms in total. The molecule has 152 valence electrons. The number of carbonyl (C=O) groups excluding carboxylic acids is 2. The molecule has 0 saturated heterocycles. The SMILES string of the molecule is CCOC(=O)CCC(=O)c1nc(Cc2ccc(C(F)(F)F)cc2)cc(C#N)c1O. The molecule has 0 aliphatic rings. The van der Waals surface area contributed by atoms with E-state index in [1.165, 1.54) is 18.2 Å². The number of hydrogen-bond donors (Lipinski definition) is 1. The second-order valence-electron chi connectivity index (χ2n) is 6.07. The van der Waals surface area contributed by atoms with Crippen LogP contribution in [0.4, 0.5) is 13.2 Å². The van der Waals surface area contributed by atoms with Crippen LogP contribution in [0.5, 0.6) is 5.75 Å². The smallest absolute Gasteiger partial charge is 0.416 e. The van der Waals surface area contributed by atoms with E-state index in [0.29, 0.717) is 5.56 Å². The molecule has 1 heterocycles. The van der Waals surface area contributed by atoms with Gasteiger partial charge in [-0.25, -0.2) is 4.98 Å². The Morgan fingerprint density at radius 3 is 2.41 bits per heavy atom. The lowest BCUT2D eigenvalue weighted by Crippen LogP contribution is -2.11. The van der Waals surface area contributed by atoms with Gasteiger partial charge >= 0.3 is 12.1 Å². The summed E-state index contributed by atoms with van der Waals surface area (Å²) in [4.78, 5) is 27.8. The number of Topliss-reactive ketones (excluding diaryl/α,β-unsaturated/α-hetero) is 1. The van der Waals surface area contributed by atoms with Gasteiger partial charge in [-0.3, -0.25) is 9.59 Å². The predicted octanol–water partition coefficient (Wildman–Crippen LogP) is 3.79. The number of benzene rings is 1. The van der Waals surface area contributed by atoms with E-state index in [1.54, 1.807) is 13.0 Å². The molecule has 0 radical (unpaired) electrons. The Hall–Kier alpha value is -3.41. The lowest BCUT2D eigenvalue weighted by Gasteiger charge is -2.10. The molecule has 0 aliphatic carbocycles. The van der Waals surface area contributed by atoms with Crippen LogP contribution in [-0.4, -0.2) is 28.4 Å². The highest BCUT2D eigenvalue weighted by Gasteiger charge is 2.30. The van der Waals surface area contributed by atoms with Crippen LogP contribution in [0.3, 0.4) is 0 Å². The van der Waals surface area contributed by atoms with Gasteiger partial charge in [0, 0.05) is 18.5 Å². The molecule has 0 aliphatic heterocycles. The molecule has 1 aromatic heterocycles. The molecule has 0 fully saturated rings. The summed E-state index contributed by atoms with van der Waals surface area (Å²) in [5.74, 6) is -1.83. The minimum Gasteiger partial charge on any atom is -0.504 e. The summed E-state index contributed by atoms with van der Waals surface area (Å²) in [5.41, 5.74) is -0.660. The van der Waals surface area contributed by atoms with Gasteiger partial charge in [-0.1, -0.05) is 12.1 Å². The molecule has 0 spiro atoms. The molecular formula is C20H17F3N2O4. The van der Waals surface area contributed by atoms with Crippen molar-refractivity contribution in [2.45, 2.75) is 32.4 Å². The molecule has 9 heteroatoms. The van der Waals surface area contributed by atoms with E-state index in [0.717, 1.165) is 12.1 Å². The van der Waals surface area contributed by atoms with Gasteiger partial charge in [0.2, 0.25) is 0 Å². The molecule has 0 amide bonds. The van der Waals surface area contributed by atoms with Gasteiger partial charge in [0.15, 0.2) is 11.5 Å². The summed E-state index contributed by atoms with van der Waals surface area (Å²) in [6.45, 7) is 1.79. The van der Waals surface area contributed by atoms with Crippen molar-refractivity contribution < 1.29 is 32.6 Å². The van der Waals surface area contributed by atoms with Crippen LogP contribution in [-0.2, 0) is 22.1 Å². The maximum Gasteiger partial charge on any atom is 0.416 e. The highest BCUT2D eigenvalue weighted by Crippen LogP contribution is 2.30.